The van der Waals surface area contributed by atoms with E-state index in [9.17, 15) is 9.59 Å². The second kappa shape index (κ2) is 5.85. The highest BCUT2D eigenvalue weighted by molar-refractivity contribution is 7.15. The van der Waals surface area contributed by atoms with Gasteiger partial charge < -0.3 is 15.5 Å². The molecule has 0 saturated heterocycles. The Hall–Kier alpha value is -1.89. The molecule has 0 unspecified atom stereocenters. The highest BCUT2D eigenvalue weighted by atomic mass is 32.1. The molecular formula is C14H18N4O2S. The minimum Gasteiger partial charge on any atom is -0.335 e. The molecule has 2 N–H and O–H groups in total. The monoisotopic (exact) mass is 306 g/mol. The average Bonchev–Trinajstić information content (AvgIpc) is 3.25. The number of amides is 3. The topological polar surface area (TPSA) is 74.3 Å². The number of carbonyl (C=O) groups excluding carboxylic acids is 2. The molecule has 0 atom stereocenters. The van der Waals surface area contributed by atoms with Gasteiger partial charge in [0.2, 0.25) is 5.91 Å². The average molecular weight is 306 g/mol. The summed E-state index contributed by atoms with van der Waals surface area (Å²) in [6, 6.07) is -0.0856. The van der Waals surface area contributed by atoms with Crippen LogP contribution >= 0.6 is 11.3 Å². The van der Waals surface area contributed by atoms with Crippen molar-refractivity contribution in [1.29, 1.82) is 0 Å². The van der Waals surface area contributed by atoms with Crippen LogP contribution in [0.15, 0.2) is 12.7 Å². The van der Waals surface area contributed by atoms with Crippen molar-refractivity contribution in [3.8, 4) is 0 Å². The summed E-state index contributed by atoms with van der Waals surface area (Å²) in [5.74, 6) is 0.244. The van der Waals surface area contributed by atoms with Gasteiger partial charge in [0.05, 0.1) is 12.2 Å². The summed E-state index contributed by atoms with van der Waals surface area (Å²) in [4.78, 5) is 31.0. The van der Waals surface area contributed by atoms with Crippen LogP contribution in [-0.2, 0) is 17.8 Å². The molecule has 1 aliphatic heterocycles. The van der Waals surface area contributed by atoms with E-state index in [1.807, 2.05) is 0 Å². The zero-order chi connectivity index (χ0) is 14.8. The number of aromatic nitrogens is 1. The van der Waals surface area contributed by atoms with Gasteiger partial charge in [-0.1, -0.05) is 17.4 Å². The normalized spacial score (nSPS) is 17.0. The van der Waals surface area contributed by atoms with Crippen molar-refractivity contribution in [2.45, 2.75) is 25.8 Å². The molecule has 0 aromatic carbocycles. The molecule has 0 spiro atoms. The van der Waals surface area contributed by atoms with E-state index in [4.69, 9.17) is 0 Å². The van der Waals surface area contributed by atoms with Crippen molar-refractivity contribution in [2.24, 2.45) is 5.92 Å². The predicted octanol–water partition coefficient (Wildman–Crippen LogP) is 1.75. The van der Waals surface area contributed by atoms with Crippen molar-refractivity contribution < 1.29 is 9.59 Å². The maximum atomic E-state index is 11.9. The summed E-state index contributed by atoms with van der Waals surface area (Å²) in [7, 11) is 0. The zero-order valence-corrected chi connectivity index (χ0v) is 12.5. The number of carbonyl (C=O) groups is 2. The summed E-state index contributed by atoms with van der Waals surface area (Å²) in [6.07, 6.45) is 4.35. The molecule has 1 saturated carbocycles. The van der Waals surface area contributed by atoms with Crippen LogP contribution in [0.5, 0.6) is 0 Å². The largest absolute Gasteiger partial charge is 0.335 e. The molecule has 3 rings (SSSR count). The zero-order valence-electron chi connectivity index (χ0n) is 11.7. The molecule has 1 fully saturated rings. The highest BCUT2D eigenvalue weighted by Crippen LogP contribution is 2.32. The Morgan fingerprint density at radius 1 is 1.48 bits per heavy atom. The lowest BCUT2D eigenvalue weighted by Gasteiger charge is -2.25. The quantitative estimate of drug-likeness (QED) is 0.832. The fraction of sp³-hybridized carbons (Fsp3) is 0.500. The molecule has 6 nitrogen and oxygen atoms in total. The third-order valence-electron chi connectivity index (χ3n) is 3.59. The van der Waals surface area contributed by atoms with Gasteiger partial charge in [0.15, 0.2) is 5.13 Å². The summed E-state index contributed by atoms with van der Waals surface area (Å²) >= 11 is 1.47. The fourth-order valence-corrected chi connectivity index (χ4v) is 3.27. The van der Waals surface area contributed by atoms with Crippen LogP contribution in [0.25, 0.3) is 0 Å². The van der Waals surface area contributed by atoms with E-state index in [1.54, 1.807) is 11.0 Å². The van der Waals surface area contributed by atoms with Gasteiger partial charge in [0, 0.05) is 30.3 Å². The summed E-state index contributed by atoms with van der Waals surface area (Å²) in [5, 5.41) is 6.31. The Kier molecular flexibility index (Phi) is 3.92. The van der Waals surface area contributed by atoms with Gasteiger partial charge in [-0.15, -0.1) is 6.58 Å². The Bertz CT molecular complexity index is 580. The van der Waals surface area contributed by atoms with E-state index < -0.39 is 0 Å². The van der Waals surface area contributed by atoms with Crippen molar-refractivity contribution >= 4 is 28.4 Å². The molecule has 0 radical (unpaired) electrons. The maximum absolute atomic E-state index is 11.9. The molecule has 2 aliphatic rings. The number of hydrogen-bond acceptors (Lipinski definition) is 4. The van der Waals surface area contributed by atoms with Crippen LogP contribution in [0.3, 0.4) is 0 Å². The van der Waals surface area contributed by atoms with Crippen LogP contribution in [0, 0.1) is 5.92 Å². The minimum absolute atomic E-state index is 0.0710. The fourth-order valence-electron chi connectivity index (χ4n) is 2.25. The van der Waals surface area contributed by atoms with E-state index in [0.29, 0.717) is 24.8 Å². The van der Waals surface area contributed by atoms with Crippen LogP contribution < -0.4 is 10.6 Å². The van der Waals surface area contributed by atoms with Gasteiger partial charge in [0.1, 0.15) is 0 Å². The third kappa shape index (κ3) is 3.24. The van der Waals surface area contributed by atoms with E-state index in [0.717, 1.165) is 29.8 Å². The molecule has 0 bridgehead atoms. The van der Waals surface area contributed by atoms with Gasteiger partial charge in [0.25, 0.3) is 0 Å². The Labute approximate surface area is 127 Å². The first-order chi connectivity index (χ1) is 10.2. The lowest BCUT2D eigenvalue weighted by molar-refractivity contribution is -0.117. The van der Waals surface area contributed by atoms with E-state index >= 15 is 0 Å². The number of rotatable bonds is 4. The number of anilines is 1. The first-order valence-electron chi connectivity index (χ1n) is 7.10. The molecular weight excluding hydrogens is 288 g/mol. The van der Waals surface area contributed by atoms with Crippen molar-refractivity contribution in [1.82, 2.24) is 15.2 Å². The van der Waals surface area contributed by atoms with Crippen LogP contribution in [0.4, 0.5) is 9.93 Å². The predicted molar refractivity (Wildman–Crippen MR) is 81.2 cm³/mol. The number of urea groups is 1. The number of thiazole rings is 1. The summed E-state index contributed by atoms with van der Waals surface area (Å²) in [5.41, 5.74) is 0.999. The lowest BCUT2D eigenvalue weighted by Crippen LogP contribution is -2.42. The molecule has 1 aliphatic carbocycles. The smallest absolute Gasteiger partial charge is 0.317 e. The van der Waals surface area contributed by atoms with E-state index in [1.165, 1.54) is 11.3 Å². The Balaban J connectivity index is 1.62. The first kappa shape index (κ1) is 14.1. The number of hydrogen-bond donors (Lipinski definition) is 2. The van der Waals surface area contributed by atoms with Gasteiger partial charge in [-0.25, -0.2) is 9.78 Å². The highest BCUT2D eigenvalue weighted by Gasteiger charge is 2.31. The lowest BCUT2D eigenvalue weighted by atomic mass is 10.2. The van der Waals surface area contributed by atoms with Gasteiger partial charge >= 0.3 is 6.03 Å². The summed E-state index contributed by atoms with van der Waals surface area (Å²) in [6.45, 7) is 5.25. The van der Waals surface area contributed by atoms with Crippen LogP contribution in [0.2, 0.25) is 0 Å². The van der Waals surface area contributed by atoms with Crippen molar-refractivity contribution in [3.05, 3.63) is 23.2 Å². The van der Waals surface area contributed by atoms with Gasteiger partial charge in [-0.3, -0.25) is 4.79 Å². The second-order valence-corrected chi connectivity index (χ2v) is 6.38. The standard InChI is InChI=1S/C14H18N4O2S/c1-2-6-15-14(20)18-7-5-10-11(8-18)21-13(16-10)17-12(19)9-3-4-9/h2,9H,1,3-8H2,(H,15,20)(H,16,17,19). The van der Waals surface area contributed by atoms with E-state index in [-0.39, 0.29) is 17.9 Å². The molecule has 3 amide bonds. The summed E-state index contributed by atoms with van der Waals surface area (Å²) < 4.78 is 0. The Morgan fingerprint density at radius 2 is 2.29 bits per heavy atom. The second-order valence-electron chi connectivity index (χ2n) is 5.30. The van der Waals surface area contributed by atoms with Crippen LogP contribution in [0.1, 0.15) is 23.4 Å². The third-order valence-corrected chi connectivity index (χ3v) is 4.59. The molecule has 2 heterocycles. The molecule has 1 aromatic heterocycles. The maximum Gasteiger partial charge on any atom is 0.317 e. The molecule has 112 valence electrons. The minimum atomic E-state index is -0.0856. The number of nitrogens with one attached hydrogen (secondary N) is 2. The molecule has 21 heavy (non-hydrogen) atoms. The van der Waals surface area contributed by atoms with Crippen molar-refractivity contribution in [3.63, 3.8) is 0 Å². The van der Waals surface area contributed by atoms with E-state index in [2.05, 4.69) is 22.2 Å². The first-order valence-corrected chi connectivity index (χ1v) is 7.92. The number of fused-ring (bicyclic) bond motifs is 1. The Morgan fingerprint density at radius 3 is 3.00 bits per heavy atom. The van der Waals surface area contributed by atoms with Crippen molar-refractivity contribution in [2.75, 3.05) is 18.4 Å². The number of nitrogens with zero attached hydrogens (tertiary/aromatic N) is 2. The SMILES string of the molecule is C=CCNC(=O)N1CCc2nc(NC(=O)C3CC3)sc2C1. The van der Waals surface area contributed by atoms with Gasteiger partial charge in [-0.05, 0) is 12.8 Å². The van der Waals surface area contributed by atoms with Crippen LogP contribution in [-0.4, -0.2) is 34.9 Å². The molecule has 1 aromatic rings. The molecule has 7 heteroatoms. The van der Waals surface area contributed by atoms with Gasteiger partial charge in [-0.2, -0.15) is 0 Å².